The Hall–Kier alpha value is -2.28. The third-order valence-electron chi connectivity index (χ3n) is 4.79. The number of primary amides is 1. The molecule has 0 radical (unpaired) electrons. The summed E-state index contributed by atoms with van der Waals surface area (Å²) in [6.07, 6.45) is 2.64. The number of carbonyl (C=O) groups excluding carboxylic acids is 2. The van der Waals surface area contributed by atoms with Gasteiger partial charge in [0.05, 0.1) is 13.2 Å². The highest BCUT2D eigenvalue weighted by atomic mass is 16.6. The van der Waals surface area contributed by atoms with Gasteiger partial charge >= 0.3 is 6.09 Å². The Morgan fingerprint density at radius 1 is 1.32 bits per heavy atom. The van der Waals surface area contributed by atoms with Crippen molar-refractivity contribution in [3.8, 4) is 5.75 Å². The molecule has 1 aromatic rings. The summed E-state index contributed by atoms with van der Waals surface area (Å²) >= 11 is 0. The van der Waals surface area contributed by atoms with Gasteiger partial charge in [-0.2, -0.15) is 0 Å². The molecule has 2 aliphatic heterocycles. The van der Waals surface area contributed by atoms with Crippen molar-refractivity contribution in [3.63, 3.8) is 0 Å². The predicted octanol–water partition coefficient (Wildman–Crippen LogP) is 1.47. The van der Waals surface area contributed by atoms with Crippen LogP contribution in [0, 0.1) is 0 Å². The second-order valence-electron chi connectivity index (χ2n) is 6.88. The molecule has 2 N–H and O–H groups in total. The highest BCUT2D eigenvalue weighted by Crippen LogP contribution is 2.31. The number of hydrogen-bond acceptors (Lipinski definition) is 5. The molecule has 1 spiro atoms. The summed E-state index contributed by atoms with van der Waals surface area (Å²) in [4.78, 5) is 26.7. The molecule has 0 aliphatic carbocycles. The first kappa shape index (κ1) is 17.5. The lowest BCUT2D eigenvalue weighted by Gasteiger charge is -2.38. The van der Waals surface area contributed by atoms with Gasteiger partial charge in [0.1, 0.15) is 11.4 Å². The van der Waals surface area contributed by atoms with Crippen molar-refractivity contribution < 1.29 is 19.1 Å². The van der Waals surface area contributed by atoms with E-state index in [1.807, 2.05) is 0 Å². The summed E-state index contributed by atoms with van der Waals surface area (Å²) in [5.74, 6) is 0.287. The largest absolute Gasteiger partial charge is 0.494 e. The van der Waals surface area contributed by atoms with Crippen molar-refractivity contribution in [1.29, 1.82) is 0 Å². The van der Waals surface area contributed by atoms with Gasteiger partial charge in [0, 0.05) is 25.7 Å². The Bertz CT molecular complexity index is 634. The molecule has 0 saturated carbocycles. The minimum Gasteiger partial charge on any atom is -0.494 e. The molecule has 0 aromatic heterocycles. The van der Waals surface area contributed by atoms with Crippen molar-refractivity contribution in [2.75, 3.05) is 39.8 Å². The van der Waals surface area contributed by atoms with Crippen molar-refractivity contribution in [3.05, 3.63) is 29.8 Å². The van der Waals surface area contributed by atoms with Gasteiger partial charge in [-0.05, 0) is 50.1 Å². The van der Waals surface area contributed by atoms with Gasteiger partial charge in [-0.1, -0.05) is 0 Å². The summed E-state index contributed by atoms with van der Waals surface area (Å²) in [7, 11) is 1.79. The van der Waals surface area contributed by atoms with E-state index in [9.17, 15) is 9.59 Å². The molecule has 25 heavy (non-hydrogen) atoms. The number of carbonyl (C=O) groups is 2. The van der Waals surface area contributed by atoms with E-state index in [0.717, 1.165) is 44.6 Å². The lowest BCUT2D eigenvalue weighted by atomic mass is 9.93. The average Bonchev–Trinajstić information content (AvgIpc) is 2.85. The first-order valence-electron chi connectivity index (χ1n) is 8.67. The van der Waals surface area contributed by atoms with Gasteiger partial charge in [-0.3, -0.25) is 9.69 Å². The van der Waals surface area contributed by atoms with E-state index in [1.165, 1.54) is 0 Å². The van der Waals surface area contributed by atoms with Crippen molar-refractivity contribution in [2.24, 2.45) is 5.73 Å². The Labute approximate surface area is 147 Å². The molecular formula is C18H25N3O4. The monoisotopic (exact) mass is 347 g/mol. The lowest BCUT2D eigenvalue weighted by molar-refractivity contribution is -0.00979. The van der Waals surface area contributed by atoms with Crippen LogP contribution in [0.25, 0.3) is 0 Å². The Balaban J connectivity index is 1.41. The van der Waals surface area contributed by atoms with Crippen molar-refractivity contribution >= 4 is 12.0 Å². The molecule has 1 unspecified atom stereocenters. The molecule has 2 saturated heterocycles. The molecule has 136 valence electrons. The average molecular weight is 347 g/mol. The van der Waals surface area contributed by atoms with Gasteiger partial charge in [0.25, 0.3) is 0 Å². The molecule has 7 nitrogen and oxygen atoms in total. The molecule has 2 aliphatic rings. The summed E-state index contributed by atoms with van der Waals surface area (Å²) in [6.45, 7) is 3.99. The number of amides is 2. The smallest absolute Gasteiger partial charge is 0.410 e. The zero-order valence-electron chi connectivity index (χ0n) is 14.6. The fourth-order valence-corrected chi connectivity index (χ4v) is 3.58. The van der Waals surface area contributed by atoms with Gasteiger partial charge < -0.3 is 20.1 Å². The molecule has 2 heterocycles. The van der Waals surface area contributed by atoms with Crippen LogP contribution in [0.4, 0.5) is 4.79 Å². The van der Waals surface area contributed by atoms with Crippen LogP contribution in [0.3, 0.4) is 0 Å². The summed E-state index contributed by atoms with van der Waals surface area (Å²) in [6, 6.07) is 6.83. The zero-order valence-corrected chi connectivity index (χ0v) is 14.6. The highest BCUT2D eigenvalue weighted by molar-refractivity contribution is 5.92. The van der Waals surface area contributed by atoms with Gasteiger partial charge in [-0.25, -0.2) is 4.79 Å². The van der Waals surface area contributed by atoms with E-state index in [4.69, 9.17) is 15.2 Å². The van der Waals surface area contributed by atoms with Crippen LogP contribution in [0.1, 0.15) is 29.6 Å². The maximum Gasteiger partial charge on any atom is 0.410 e. The van der Waals surface area contributed by atoms with E-state index < -0.39 is 5.91 Å². The summed E-state index contributed by atoms with van der Waals surface area (Å²) in [5.41, 5.74) is 5.35. The van der Waals surface area contributed by atoms with Gasteiger partial charge in [-0.15, -0.1) is 0 Å². The number of nitrogens with two attached hydrogens (primary N) is 1. The second-order valence-corrected chi connectivity index (χ2v) is 6.88. The van der Waals surface area contributed by atoms with E-state index >= 15 is 0 Å². The Morgan fingerprint density at radius 3 is 2.72 bits per heavy atom. The molecule has 2 amide bonds. The number of rotatable bonds is 6. The number of likely N-dealkylation sites (N-methyl/N-ethyl adjacent to an activating group) is 1. The minimum absolute atomic E-state index is 0.218. The van der Waals surface area contributed by atoms with Crippen LogP contribution in [0.5, 0.6) is 5.75 Å². The molecule has 1 aromatic carbocycles. The van der Waals surface area contributed by atoms with E-state index in [0.29, 0.717) is 18.7 Å². The number of nitrogens with zero attached hydrogens (tertiary/aromatic N) is 2. The summed E-state index contributed by atoms with van der Waals surface area (Å²) < 4.78 is 11.3. The maximum absolute atomic E-state index is 11.7. The Morgan fingerprint density at radius 2 is 2.08 bits per heavy atom. The molecule has 1 atom stereocenters. The predicted molar refractivity (Wildman–Crippen MR) is 92.6 cm³/mol. The van der Waals surface area contributed by atoms with Crippen LogP contribution in [0.15, 0.2) is 24.3 Å². The first-order chi connectivity index (χ1) is 12.0. The van der Waals surface area contributed by atoms with Gasteiger partial charge in [0.15, 0.2) is 0 Å². The zero-order chi connectivity index (χ0) is 17.9. The number of piperidine rings is 1. The SMILES string of the molecule is CN1CC2(CCCN(CCCOc3ccc(C(N)=O)cc3)C2)OC1=O. The number of likely N-dealkylation sites (tertiary alicyclic amines) is 1. The molecule has 7 heteroatoms. The van der Waals surface area contributed by atoms with Crippen LogP contribution >= 0.6 is 0 Å². The Kier molecular flexibility index (Phi) is 5.13. The topological polar surface area (TPSA) is 85.1 Å². The van der Waals surface area contributed by atoms with Crippen molar-refractivity contribution in [1.82, 2.24) is 9.80 Å². The molecule has 3 rings (SSSR count). The highest BCUT2D eigenvalue weighted by Gasteiger charge is 2.46. The third kappa shape index (κ3) is 4.22. The molecule has 0 bridgehead atoms. The number of ether oxygens (including phenoxy) is 2. The lowest BCUT2D eigenvalue weighted by Crippen LogP contribution is -2.50. The molecule has 2 fully saturated rings. The second kappa shape index (κ2) is 7.31. The number of hydrogen-bond donors (Lipinski definition) is 1. The van der Waals surface area contributed by atoms with Gasteiger partial charge in [0.2, 0.25) is 5.91 Å². The van der Waals surface area contributed by atoms with Crippen LogP contribution < -0.4 is 10.5 Å². The summed E-state index contributed by atoms with van der Waals surface area (Å²) in [5, 5.41) is 0. The number of benzene rings is 1. The van der Waals surface area contributed by atoms with E-state index in [2.05, 4.69) is 4.90 Å². The third-order valence-corrected chi connectivity index (χ3v) is 4.79. The first-order valence-corrected chi connectivity index (χ1v) is 8.67. The van der Waals surface area contributed by atoms with Crippen molar-refractivity contribution in [2.45, 2.75) is 24.9 Å². The van der Waals surface area contributed by atoms with Crippen LogP contribution in [0.2, 0.25) is 0 Å². The fourth-order valence-electron chi connectivity index (χ4n) is 3.58. The standard InChI is InChI=1S/C18H25N3O4/c1-20-12-18(25-17(20)23)8-2-9-21(13-18)10-3-11-24-15-6-4-14(5-7-15)16(19)22/h4-7H,2-3,8-13H2,1H3,(H2,19,22). The van der Waals surface area contributed by atoms with Crippen LogP contribution in [-0.4, -0.2) is 67.2 Å². The van der Waals surface area contributed by atoms with E-state index in [-0.39, 0.29) is 11.7 Å². The van der Waals surface area contributed by atoms with E-state index in [1.54, 1.807) is 36.2 Å². The maximum atomic E-state index is 11.7. The van der Waals surface area contributed by atoms with Crippen LogP contribution in [-0.2, 0) is 4.74 Å². The fraction of sp³-hybridized carbons (Fsp3) is 0.556. The minimum atomic E-state index is -0.441. The molecular weight excluding hydrogens is 322 g/mol. The quantitative estimate of drug-likeness (QED) is 0.788. The normalized spacial score (nSPS) is 23.7.